The highest BCUT2D eigenvalue weighted by molar-refractivity contribution is 5.95. The molecule has 22 heavy (non-hydrogen) atoms. The van der Waals surface area contributed by atoms with Crippen LogP contribution in [0.1, 0.15) is 11.1 Å². The molecule has 0 aliphatic heterocycles. The smallest absolute Gasteiger partial charge is 0.380 e. The van der Waals surface area contributed by atoms with Gasteiger partial charge in [0.05, 0.1) is 23.9 Å². The minimum Gasteiger partial charge on any atom is -0.380 e. The second-order valence-electron chi connectivity index (χ2n) is 4.98. The van der Waals surface area contributed by atoms with Crippen molar-refractivity contribution >= 4 is 10.9 Å². The van der Waals surface area contributed by atoms with Gasteiger partial charge in [0.1, 0.15) is 0 Å². The zero-order valence-electron chi connectivity index (χ0n) is 11.7. The van der Waals surface area contributed by atoms with Gasteiger partial charge in [0, 0.05) is 12.5 Å². The van der Waals surface area contributed by atoms with Crippen LogP contribution in [0.15, 0.2) is 42.6 Å². The molecular weight excluding hydrogens is 293 g/mol. The van der Waals surface area contributed by atoms with E-state index in [1.807, 2.05) is 12.1 Å². The van der Waals surface area contributed by atoms with Gasteiger partial charge in [-0.2, -0.15) is 18.3 Å². The third-order valence-corrected chi connectivity index (χ3v) is 3.46. The van der Waals surface area contributed by atoms with Crippen molar-refractivity contribution in [2.75, 3.05) is 7.11 Å². The maximum Gasteiger partial charge on any atom is 0.416 e. The molecule has 0 aliphatic rings. The van der Waals surface area contributed by atoms with Gasteiger partial charge in [0.25, 0.3) is 0 Å². The van der Waals surface area contributed by atoms with Crippen LogP contribution < -0.4 is 0 Å². The van der Waals surface area contributed by atoms with Gasteiger partial charge in [-0.3, -0.25) is 5.10 Å². The summed E-state index contributed by atoms with van der Waals surface area (Å²) in [6.45, 7) is 0.462. The molecule has 2 aromatic carbocycles. The Labute approximate surface area is 124 Å². The summed E-state index contributed by atoms with van der Waals surface area (Å²) in [5.41, 5.74) is 1.84. The summed E-state index contributed by atoms with van der Waals surface area (Å²) in [7, 11) is 1.59. The van der Waals surface area contributed by atoms with Crippen LogP contribution in [0.2, 0.25) is 0 Å². The molecule has 0 spiro atoms. The van der Waals surface area contributed by atoms with Crippen LogP contribution >= 0.6 is 0 Å². The molecule has 3 rings (SSSR count). The highest BCUT2D eigenvalue weighted by atomic mass is 19.4. The third kappa shape index (κ3) is 2.69. The topological polar surface area (TPSA) is 37.9 Å². The summed E-state index contributed by atoms with van der Waals surface area (Å²) in [5, 5.41) is 7.11. The minimum atomic E-state index is -4.40. The number of nitrogens with one attached hydrogen (secondary N) is 1. The largest absolute Gasteiger partial charge is 0.416 e. The number of benzene rings is 2. The third-order valence-electron chi connectivity index (χ3n) is 3.46. The predicted octanol–water partition coefficient (Wildman–Crippen LogP) is 4.40. The van der Waals surface area contributed by atoms with Crippen LogP contribution in [0.3, 0.4) is 0 Å². The number of hydrogen-bond donors (Lipinski definition) is 1. The first-order valence-electron chi connectivity index (χ1n) is 6.61. The van der Waals surface area contributed by atoms with E-state index in [-0.39, 0.29) is 0 Å². The molecule has 0 radical (unpaired) electrons. The standard InChI is InChI=1S/C16H13F3N2O/c1-22-9-10-2-4-11(5-3-10)13-6-12(16(17,18)19)7-15-14(13)8-20-21-15/h2-8H,9H2,1H3,(H,20,21). The number of methoxy groups -OCH3 is 1. The number of H-pyrrole nitrogens is 1. The quantitative estimate of drug-likeness (QED) is 0.779. The van der Waals surface area contributed by atoms with Crippen LogP contribution in [0.4, 0.5) is 13.2 Å². The zero-order chi connectivity index (χ0) is 15.7. The van der Waals surface area contributed by atoms with Crippen molar-refractivity contribution in [3.05, 3.63) is 53.7 Å². The van der Waals surface area contributed by atoms with Gasteiger partial charge in [0.15, 0.2) is 0 Å². The lowest BCUT2D eigenvalue weighted by atomic mass is 9.98. The van der Waals surface area contributed by atoms with E-state index in [0.29, 0.717) is 28.6 Å². The number of rotatable bonds is 3. The summed E-state index contributed by atoms with van der Waals surface area (Å²) in [6, 6.07) is 9.48. The Balaban J connectivity index is 2.14. The number of halogens is 3. The van der Waals surface area contributed by atoms with E-state index in [1.165, 1.54) is 6.20 Å². The van der Waals surface area contributed by atoms with Crippen molar-refractivity contribution in [3.63, 3.8) is 0 Å². The fourth-order valence-corrected chi connectivity index (χ4v) is 2.40. The van der Waals surface area contributed by atoms with Crippen molar-refractivity contribution in [2.45, 2.75) is 12.8 Å². The van der Waals surface area contributed by atoms with E-state index in [4.69, 9.17) is 4.74 Å². The molecule has 1 heterocycles. The van der Waals surface area contributed by atoms with Crippen molar-refractivity contribution in [3.8, 4) is 11.1 Å². The Bertz CT molecular complexity index is 791. The van der Waals surface area contributed by atoms with Crippen LogP contribution in [0, 0.1) is 0 Å². The number of alkyl halides is 3. The molecule has 0 atom stereocenters. The average molecular weight is 306 g/mol. The molecule has 0 saturated heterocycles. The Morgan fingerprint density at radius 3 is 2.50 bits per heavy atom. The van der Waals surface area contributed by atoms with Gasteiger partial charge in [-0.15, -0.1) is 0 Å². The molecule has 1 aromatic heterocycles. The normalized spacial score (nSPS) is 12.0. The molecule has 0 fully saturated rings. The maximum absolute atomic E-state index is 13.0. The van der Waals surface area contributed by atoms with Crippen molar-refractivity contribution in [2.24, 2.45) is 0 Å². The van der Waals surface area contributed by atoms with Gasteiger partial charge in [-0.05, 0) is 28.8 Å². The van der Waals surface area contributed by atoms with Gasteiger partial charge < -0.3 is 4.74 Å². The monoisotopic (exact) mass is 306 g/mol. The first kappa shape index (κ1) is 14.6. The highest BCUT2D eigenvalue weighted by Crippen LogP contribution is 2.36. The average Bonchev–Trinajstić information content (AvgIpc) is 2.95. The van der Waals surface area contributed by atoms with Crippen molar-refractivity contribution in [1.29, 1.82) is 0 Å². The number of ether oxygens (including phenoxy) is 1. The second-order valence-corrected chi connectivity index (χ2v) is 4.98. The molecular formula is C16H13F3N2O. The minimum absolute atomic E-state index is 0.366. The number of aromatic nitrogens is 2. The second kappa shape index (κ2) is 5.46. The Hall–Kier alpha value is -2.34. The van der Waals surface area contributed by atoms with Crippen LogP contribution in [0.25, 0.3) is 22.0 Å². The van der Waals surface area contributed by atoms with E-state index < -0.39 is 11.7 Å². The molecule has 0 unspecified atom stereocenters. The SMILES string of the molecule is COCc1ccc(-c2cc(C(F)(F)F)cc3[nH]ncc23)cc1. The van der Waals surface area contributed by atoms with Crippen LogP contribution in [-0.4, -0.2) is 17.3 Å². The van der Waals surface area contributed by atoms with E-state index in [0.717, 1.165) is 17.7 Å². The van der Waals surface area contributed by atoms with E-state index in [1.54, 1.807) is 19.2 Å². The summed E-state index contributed by atoms with van der Waals surface area (Å²) >= 11 is 0. The number of fused-ring (bicyclic) bond motifs is 1. The molecule has 6 heteroatoms. The summed E-state index contributed by atoms with van der Waals surface area (Å²) in [6.07, 6.45) is -2.86. The van der Waals surface area contributed by atoms with Crippen molar-refractivity contribution in [1.82, 2.24) is 10.2 Å². The number of hydrogen-bond acceptors (Lipinski definition) is 2. The molecule has 0 amide bonds. The lowest BCUT2D eigenvalue weighted by Crippen LogP contribution is -2.05. The van der Waals surface area contributed by atoms with E-state index >= 15 is 0 Å². The van der Waals surface area contributed by atoms with Gasteiger partial charge in [-0.25, -0.2) is 0 Å². The zero-order valence-corrected chi connectivity index (χ0v) is 11.7. The maximum atomic E-state index is 13.0. The van der Waals surface area contributed by atoms with Crippen molar-refractivity contribution < 1.29 is 17.9 Å². The fourth-order valence-electron chi connectivity index (χ4n) is 2.40. The molecule has 0 saturated carbocycles. The summed E-state index contributed by atoms with van der Waals surface area (Å²) < 4.78 is 44.1. The molecule has 1 N–H and O–H groups in total. The summed E-state index contributed by atoms with van der Waals surface area (Å²) in [4.78, 5) is 0. The van der Waals surface area contributed by atoms with Gasteiger partial charge >= 0.3 is 6.18 Å². The Morgan fingerprint density at radius 2 is 1.86 bits per heavy atom. The first-order chi connectivity index (χ1) is 10.5. The molecule has 114 valence electrons. The summed E-state index contributed by atoms with van der Waals surface area (Å²) in [5.74, 6) is 0. The number of aromatic amines is 1. The molecule has 3 nitrogen and oxygen atoms in total. The Morgan fingerprint density at radius 1 is 1.14 bits per heavy atom. The highest BCUT2D eigenvalue weighted by Gasteiger charge is 2.31. The molecule has 0 aliphatic carbocycles. The fraction of sp³-hybridized carbons (Fsp3) is 0.188. The lowest BCUT2D eigenvalue weighted by molar-refractivity contribution is -0.137. The Kier molecular flexibility index (Phi) is 3.62. The van der Waals surface area contributed by atoms with Gasteiger partial charge in [-0.1, -0.05) is 24.3 Å². The first-order valence-corrected chi connectivity index (χ1v) is 6.61. The van der Waals surface area contributed by atoms with Crippen LogP contribution in [0.5, 0.6) is 0 Å². The number of nitrogens with zero attached hydrogens (tertiary/aromatic N) is 1. The molecule has 3 aromatic rings. The molecule has 0 bridgehead atoms. The van der Waals surface area contributed by atoms with E-state index in [2.05, 4.69) is 10.2 Å². The lowest BCUT2D eigenvalue weighted by Gasteiger charge is -2.11. The van der Waals surface area contributed by atoms with Gasteiger partial charge in [0.2, 0.25) is 0 Å². The predicted molar refractivity (Wildman–Crippen MR) is 77.2 cm³/mol. The van der Waals surface area contributed by atoms with Crippen LogP contribution in [-0.2, 0) is 17.5 Å². The van der Waals surface area contributed by atoms with E-state index in [9.17, 15) is 13.2 Å².